The second-order valence-corrected chi connectivity index (χ2v) is 5.13. The monoisotopic (exact) mass is 347 g/mol. The van der Waals surface area contributed by atoms with E-state index in [-0.39, 0.29) is 13.2 Å². The molecule has 1 heterocycles. The first-order chi connectivity index (χ1) is 12.3. The van der Waals surface area contributed by atoms with E-state index in [1.807, 2.05) is 56.4 Å². The summed E-state index contributed by atoms with van der Waals surface area (Å²) in [6.07, 6.45) is 7.12. The van der Waals surface area contributed by atoms with Gasteiger partial charge >= 0.3 is 0 Å². The Balaban J connectivity index is 0.000000430. The van der Waals surface area contributed by atoms with E-state index in [2.05, 4.69) is 10.3 Å². The smallest absolute Gasteiger partial charge is 0.0573 e. The maximum atomic E-state index is 8.57. The maximum Gasteiger partial charge on any atom is 0.0573 e. The van der Waals surface area contributed by atoms with Crippen LogP contribution in [0.4, 0.5) is 11.4 Å². The summed E-state index contributed by atoms with van der Waals surface area (Å²) in [4.78, 5) is 3.96. The average Bonchev–Trinajstić information content (AvgIpc) is 2.68. The van der Waals surface area contributed by atoms with Crippen LogP contribution in [0.25, 0.3) is 0 Å². The molecule has 140 valence electrons. The molecule has 0 radical (unpaired) electrons. The van der Waals surface area contributed by atoms with Crippen LogP contribution in [0.15, 0.2) is 48.8 Å². The van der Waals surface area contributed by atoms with Gasteiger partial charge in [-0.25, -0.2) is 0 Å². The highest BCUT2D eigenvalue weighted by molar-refractivity contribution is 5.65. The van der Waals surface area contributed by atoms with E-state index in [0.29, 0.717) is 0 Å². The molecule has 1 aromatic heterocycles. The molecule has 0 amide bonds. The van der Waals surface area contributed by atoms with Crippen molar-refractivity contribution in [2.75, 3.05) is 30.8 Å². The normalized spacial score (nSPS) is 9.28. The Hall–Kier alpha value is -2.11. The second kappa shape index (κ2) is 16.7. The number of nitrogens with two attached hydrogens (primary N) is 1. The molecular weight excluding hydrogens is 314 g/mol. The number of pyridine rings is 1. The standard InChI is InChI=1S/C10H16N2O.C8H11NO.C2H6/c11-9-5-1-2-6-10(9)12-7-3-4-8-13;10-6-2-4-8-3-1-5-9-7-8;1-2/h1-2,5-6,12-13H,3-4,7-8,11H2;1,3,5,7,10H,2,4,6H2;1-2H3. The van der Waals surface area contributed by atoms with Crippen LogP contribution in [0, 0.1) is 0 Å². The number of nitrogen functional groups attached to an aromatic ring is 1. The summed E-state index contributed by atoms with van der Waals surface area (Å²) in [5, 5.41) is 20.3. The Labute approximate surface area is 151 Å². The second-order valence-electron chi connectivity index (χ2n) is 5.13. The molecule has 0 spiro atoms. The number of hydrogen-bond acceptors (Lipinski definition) is 5. The summed E-state index contributed by atoms with van der Waals surface area (Å²) in [6, 6.07) is 11.6. The number of aliphatic hydroxyl groups is 2. The highest BCUT2D eigenvalue weighted by atomic mass is 16.3. The zero-order valence-electron chi connectivity index (χ0n) is 15.5. The fourth-order valence-electron chi connectivity index (χ4n) is 1.95. The Morgan fingerprint density at radius 3 is 2.28 bits per heavy atom. The highest BCUT2D eigenvalue weighted by Crippen LogP contribution is 2.16. The number of nitrogens with zero attached hydrogens (tertiary/aromatic N) is 1. The molecule has 0 aliphatic carbocycles. The number of rotatable bonds is 8. The average molecular weight is 348 g/mol. The van der Waals surface area contributed by atoms with Crippen LogP contribution in [0.3, 0.4) is 0 Å². The lowest BCUT2D eigenvalue weighted by atomic mass is 10.2. The fraction of sp³-hybridized carbons (Fsp3) is 0.450. The van der Waals surface area contributed by atoms with Crippen molar-refractivity contribution in [1.82, 2.24) is 4.98 Å². The van der Waals surface area contributed by atoms with Crippen molar-refractivity contribution in [2.24, 2.45) is 0 Å². The maximum absolute atomic E-state index is 8.57. The van der Waals surface area contributed by atoms with E-state index in [0.717, 1.165) is 43.6 Å². The van der Waals surface area contributed by atoms with E-state index in [1.165, 1.54) is 5.56 Å². The van der Waals surface area contributed by atoms with Crippen LogP contribution < -0.4 is 11.1 Å². The van der Waals surface area contributed by atoms with Crippen LogP contribution in [-0.2, 0) is 6.42 Å². The summed E-state index contributed by atoms with van der Waals surface area (Å²) in [6.45, 7) is 5.37. The number of para-hydroxylation sites is 2. The third kappa shape index (κ3) is 12.0. The number of aryl methyl sites for hydroxylation is 1. The highest BCUT2D eigenvalue weighted by Gasteiger charge is 1.94. The third-order valence-electron chi connectivity index (χ3n) is 3.21. The van der Waals surface area contributed by atoms with Crippen LogP contribution in [0.1, 0.15) is 38.7 Å². The molecule has 0 saturated carbocycles. The van der Waals surface area contributed by atoms with Gasteiger partial charge in [0.25, 0.3) is 0 Å². The topological polar surface area (TPSA) is 91.4 Å². The van der Waals surface area contributed by atoms with Gasteiger partial charge in [-0.05, 0) is 49.4 Å². The number of anilines is 2. The molecule has 0 unspecified atom stereocenters. The third-order valence-corrected chi connectivity index (χ3v) is 3.21. The predicted octanol–water partition coefficient (Wildman–Crippen LogP) is 3.49. The number of hydrogen-bond donors (Lipinski definition) is 4. The number of benzene rings is 1. The Kier molecular flexibility index (Phi) is 15.3. The molecule has 2 aromatic rings. The molecule has 2 rings (SSSR count). The molecule has 5 N–H and O–H groups in total. The molecule has 0 fully saturated rings. The lowest BCUT2D eigenvalue weighted by molar-refractivity contribution is 0.286. The summed E-state index contributed by atoms with van der Waals surface area (Å²) in [5.74, 6) is 0. The minimum Gasteiger partial charge on any atom is -0.397 e. The lowest BCUT2D eigenvalue weighted by Gasteiger charge is -2.07. The van der Waals surface area contributed by atoms with E-state index in [9.17, 15) is 0 Å². The zero-order valence-corrected chi connectivity index (χ0v) is 15.5. The summed E-state index contributed by atoms with van der Waals surface area (Å²) >= 11 is 0. The molecule has 0 bridgehead atoms. The lowest BCUT2D eigenvalue weighted by Crippen LogP contribution is -2.04. The largest absolute Gasteiger partial charge is 0.397 e. The molecule has 0 aliphatic rings. The van der Waals surface area contributed by atoms with Gasteiger partial charge in [0.05, 0.1) is 11.4 Å². The van der Waals surface area contributed by atoms with Gasteiger partial charge in [-0.3, -0.25) is 4.98 Å². The van der Waals surface area contributed by atoms with Crippen molar-refractivity contribution in [3.05, 3.63) is 54.4 Å². The van der Waals surface area contributed by atoms with Gasteiger partial charge in [-0.15, -0.1) is 0 Å². The van der Waals surface area contributed by atoms with Gasteiger partial charge in [0.1, 0.15) is 0 Å². The van der Waals surface area contributed by atoms with E-state index in [1.54, 1.807) is 6.20 Å². The van der Waals surface area contributed by atoms with Crippen LogP contribution in [0.5, 0.6) is 0 Å². The molecule has 0 atom stereocenters. The first-order valence-corrected chi connectivity index (χ1v) is 8.97. The molecule has 0 aliphatic heterocycles. The number of nitrogens with one attached hydrogen (secondary N) is 1. The van der Waals surface area contributed by atoms with E-state index < -0.39 is 0 Å². The molecule has 1 aromatic carbocycles. The zero-order chi connectivity index (χ0) is 18.8. The SMILES string of the molecule is CC.Nc1ccccc1NCCCCO.OCCCc1cccnc1. The Morgan fingerprint density at radius 1 is 0.960 bits per heavy atom. The van der Waals surface area contributed by atoms with Crippen LogP contribution in [-0.4, -0.2) is 35.0 Å². The van der Waals surface area contributed by atoms with Gasteiger partial charge in [-0.2, -0.15) is 0 Å². The van der Waals surface area contributed by atoms with Gasteiger partial charge in [0, 0.05) is 32.2 Å². The van der Waals surface area contributed by atoms with E-state index in [4.69, 9.17) is 15.9 Å². The number of aliphatic hydroxyl groups excluding tert-OH is 2. The molecule has 5 nitrogen and oxygen atoms in total. The summed E-state index contributed by atoms with van der Waals surface area (Å²) in [7, 11) is 0. The fourth-order valence-corrected chi connectivity index (χ4v) is 1.95. The van der Waals surface area contributed by atoms with Gasteiger partial charge in [0.15, 0.2) is 0 Å². The quantitative estimate of drug-likeness (QED) is 0.433. The van der Waals surface area contributed by atoms with Crippen LogP contribution >= 0.6 is 0 Å². The molecule has 0 saturated heterocycles. The molecule has 5 heteroatoms. The van der Waals surface area contributed by atoms with Crippen LogP contribution in [0.2, 0.25) is 0 Å². The summed E-state index contributed by atoms with van der Waals surface area (Å²) < 4.78 is 0. The molecule has 25 heavy (non-hydrogen) atoms. The molecular formula is C20H33N3O2. The number of aromatic nitrogens is 1. The minimum absolute atomic E-state index is 0.256. The van der Waals surface area contributed by atoms with E-state index >= 15 is 0 Å². The predicted molar refractivity (Wildman–Crippen MR) is 107 cm³/mol. The first-order valence-electron chi connectivity index (χ1n) is 8.97. The van der Waals surface area contributed by atoms with Crippen molar-refractivity contribution >= 4 is 11.4 Å². The Morgan fingerprint density at radius 2 is 1.68 bits per heavy atom. The summed E-state index contributed by atoms with van der Waals surface area (Å²) in [5.41, 5.74) is 8.66. The Bertz CT molecular complexity index is 521. The van der Waals surface area contributed by atoms with Crippen molar-refractivity contribution in [1.29, 1.82) is 0 Å². The minimum atomic E-state index is 0.256. The number of unbranched alkanes of at least 4 members (excludes halogenated alkanes) is 1. The first kappa shape index (κ1) is 22.9. The van der Waals surface area contributed by atoms with Crippen molar-refractivity contribution in [2.45, 2.75) is 39.5 Å². The van der Waals surface area contributed by atoms with Crippen molar-refractivity contribution < 1.29 is 10.2 Å². The van der Waals surface area contributed by atoms with Gasteiger partial charge in [-0.1, -0.05) is 32.0 Å². The van der Waals surface area contributed by atoms with Crippen molar-refractivity contribution in [3.8, 4) is 0 Å². The van der Waals surface area contributed by atoms with Gasteiger partial charge < -0.3 is 21.3 Å². The van der Waals surface area contributed by atoms with Gasteiger partial charge in [0.2, 0.25) is 0 Å². The van der Waals surface area contributed by atoms with Crippen molar-refractivity contribution in [3.63, 3.8) is 0 Å².